The largest absolute Gasteiger partial charge is 0.481 e. The monoisotopic (exact) mass is 288 g/mol. The highest BCUT2D eigenvalue weighted by atomic mass is 16.8. The van der Waals surface area contributed by atoms with Gasteiger partial charge in [0.25, 0.3) is 0 Å². The van der Waals surface area contributed by atoms with Gasteiger partial charge in [0, 0.05) is 13.8 Å². The van der Waals surface area contributed by atoms with Crippen LogP contribution in [0.5, 0.6) is 0 Å². The highest BCUT2D eigenvalue weighted by Crippen LogP contribution is 2.37. The standard InChI is InChI=1S/C13H20O7/c1-11(2,3)18-9(16)7-13(6-8(14)15)10(17)19-12(4,5)20-13/h6-7H2,1-5H3,(H,14,15). The van der Waals surface area contributed by atoms with Gasteiger partial charge in [-0.3, -0.25) is 9.59 Å². The number of rotatable bonds is 4. The van der Waals surface area contributed by atoms with E-state index in [1.807, 2.05) is 0 Å². The summed E-state index contributed by atoms with van der Waals surface area (Å²) in [5.74, 6) is -4.11. The van der Waals surface area contributed by atoms with E-state index < -0.39 is 47.7 Å². The first kappa shape index (κ1) is 16.4. The Morgan fingerprint density at radius 1 is 1.25 bits per heavy atom. The van der Waals surface area contributed by atoms with E-state index in [0.29, 0.717) is 0 Å². The normalized spacial score (nSPS) is 25.1. The summed E-state index contributed by atoms with van der Waals surface area (Å²) < 4.78 is 15.5. The van der Waals surface area contributed by atoms with Crippen molar-refractivity contribution in [3.8, 4) is 0 Å². The number of hydrogen-bond acceptors (Lipinski definition) is 6. The van der Waals surface area contributed by atoms with E-state index in [-0.39, 0.29) is 0 Å². The first-order valence-electron chi connectivity index (χ1n) is 6.22. The maximum absolute atomic E-state index is 11.9. The molecule has 0 aromatic heterocycles. The molecule has 7 nitrogen and oxygen atoms in total. The Hall–Kier alpha value is -1.63. The zero-order valence-corrected chi connectivity index (χ0v) is 12.3. The van der Waals surface area contributed by atoms with Gasteiger partial charge in [0.05, 0.1) is 12.8 Å². The summed E-state index contributed by atoms with van der Waals surface area (Å²) in [6, 6.07) is 0. The van der Waals surface area contributed by atoms with Crippen molar-refractivity contribution in [2.45, 2.75) is 64.4 Å². The molecule has 0 aliphatic carbocycles. The number of carboxylic acids is 1. The number of carboxylic acid groups (broad SMARTS) is 1. The molecule has 114 valence electrons. The van der Waals surface area contributed by atoms with Crippen LogP contribution in [0.1, 0.15) is 47.5 Å². The van der Waals surface area contributed by atoms with E-state index >= 15 is 0 Å². The Kier molecular flexibility index (Phi) is 4.14. The highest BCUT2D eigenvalue weighted by molar-refractivity contribution is 5.91. The zero-order chi connectivity index (χ0) is 15.8. The first-order chi connectivity index (χ1) is 8.85. The Bertz CT molecular complexity index is 432. The number of ether oxygens (including phenoxy) is 3. The van der Waals surface area contributed by atoms with Crippen molar-refractivity contribution in [3.63, 3.8) is 0 Å². The Balaban J connectivity index is 2.94. The number of carbonyl (C=O) groups excluding carboxylic acids is 2. The van der Waals surface area contributed by atoms with Crippen LogP contribution in [0.15, 0.2) is 0 Å². The van der Waals surface area contributed by atoms with E-state index in [4.69, 9.17) is 19.3 Å². The van der Waals surface area contributed by atoms with E-state index in [1.54, 1.807) is 20.8 Å². The van der Waals surface area contributed by atoms with Gasteiger partial charge in [-0.25, -0.2) is 4.79 Å². The Labute approximate surface area is 117 Å². The van der Waals surface area contributed by atoms with Crippen LogP contribution in [-0.2, 0) is 28.6 Å². The summed E-state index contributed by atoms with van der Waals surface area (Å²) in [5, 5.41) is 8.93. The molecule has 0 radical (unpaired) electrons. The fourth-order valence-corrected chi connectivity index (χ4v) is 1.98. The maximum atomic E-state index is 11.9. The summed E-state index contributed by atoms with van der Waals surface area (Å²) in [5.41, 5.74) is -2.57. The summed E-state index contributed by atoms with van der Waals surface area (Å²) in [4.78, 5) is 34.7. The van der Waals surface area contributed by atoms with Gasteiger partial charge in [0.2, 0.25) is 5.79 Å². The molecule has 1 rings (SSSR count). The van der Waals surface area contributed by atoms with Crippen molar-refractivity contribution in [2.75, 3.05) is 0 Å². The van der Waals surface area contributed by atoms with Gasteiger partial charge >= 0.3 is 17.9 Å². The predicted octanol–water partition coefficient (Wildman–Crippen LogP) is 1.24. The van der Waals surface area contributed by atoms with Crippen molar-refractivity contribution in [1.29, 1.82) is 0 Å². The summed E-state index contributed by atoms with van der Waals surface area (Å²) >= 11 is 0. The second-order valence-corrected chi connectivity index (χ2v) is 6.22. The van der Waals surface area contributed by atoms with Gasteiger partial charge in [-0.1, -0.05) is 0 Å². The molecule has 0 aromatic rings. The topological polar surface area (TPSA) is 99.1 Å². The third-order valence-corrected chi connectivity index (χ3v) is 2.44. The van der Waals surface area contributed by atoms with Crippen LogP contribution >= 0.6 is 0 Å². The summed E-state index contributed by atoms with van der Waals surface area (Å²) in [7, 11) is 0. The molecule has 0 spiro atoms. The lowest BCUT2D eigenvalue weighted by molar-refractivity contribution is -0.180. The second kappa shape index (κ2) is 5.05. The Morgan fingerprint density at radius 3 is 2.15 bits per heavy atom. The van der Waals surface area contributed by atoms with Crippen molar-refractivity contribution in [3.05, 3.63) is 0 Å². The highest BCUT2D eigenvalue weighted by Gasteiger charge is 2.56. The molecule has 0 amide bonds. The molecule has 0 saturated carbocycles. The van der Waals surface area contributed by atoms with Gasteiger partial charge < -0.3 is 19.3 Å². The third-order valence-electron chi connectivity index (χ3n) is 2.44. The molecule has 1 heterocycles. The SMILES string of the molecule is CC(C)(C)OC(=O)CC1(CC(=O)O)OC(C)(C)OC1=O. The molecule has 1 fully saturated rings. The van der Waals surface area contributed by atoms with Crippen molar-refractivity contribution < 1.29 is 33.7 Å². The third kappa shape index (κ3) is 4.19. The van der Waals surface area contributed by atoms with Crippen LogP contribution in [0.4, 0.5) is 0 Å². The predicted molar refractivity (Wildman–Crippen MR) is 66.7 cm³/mol. The number of cyclic esters (lactones) is 1. The number of esters is 2. The summed E-state index contributed by atoms with van der Waals surface area (Å²) in [6.07, 6.45) is -1.16. The quantitative estimate of drug-likeness (QED) is 0.777. The second-order valence-electron chi connectivity index (χ2n) is 6.22. The zero-order valence-electron chi connectivity index (χ0n) is 12.3. The molecule has 20 heavy (non-hydrogen) atoms. The molecule has 1 atom stereocenters. The van der Waals surface area contributed by atoms with E-state index in [9.17, 15) is 14.4 Å². The first-order valence-corrected chi connectivity index (χ1v) is 6.22. The van der Waals surface area contributed by atoms with Crippen molar-refractivity contribution in [1.82, 2.24) is 0 Å². The summed E-state index contributed by atoms with van der Waals surface area (Å²) in [6.45, 7) is 7.97. The van der Waals surface area contributed by atoms with Gasteiger partial charge in [0.15, 0.2) is 5.60 Å². The molecule has 1 saturated heterocycles. The molecule has 1 unspecified atom stereocenters. The lowest BCUT2D eigenvalue weighted by Crippen LogP contribution is -2.43. The molecule has 1 N–H and O–H groups in total. The van der Waals surface area contributed by atoms with Crippen LogP contribution in [0.3, 0.4) is 0 Å². The number of hydrogen-bond donors (Lipinski definition) is 1. The number of aliphatic carboxylic acids is 1. The van der Waals surface area contributed by atoms with Gasteiger partial charge in [-0.2, -0.15) is 0 Å². The molecular formula is C13H20O7. The van der Waals surface area contributed by atoms with Gasteiger partial charge in [-0.15, -0.1) is 0 Å². The fraction of sp³-hybridized carbons (Fsp3) is 0.769. The van der Waals surface area contributed by atoms with Crippen molar-refractivity contribution in [2.24, 2.45) is 0 Å². The van der Waals surface area contributed by atoms with Gasteiger partial charge in [0.1, 0.15) is 5.60 Å². The molecule has 0 aromatic carbocycles. The van der Waals surface area contributed by atoms with E-state index in [1.165, 1.54) is 13.8 Å². The molecular weight excluding hydrogens is 268 g/mol. The number of carbonyl (C=O) groups is 3. The minimum Gasteiger partial charge on any atom is -0.481 e. The molecule has 1 aliphatic rings. The minimum absolute atomic E-state index is 0.501. The van der Waals surface area contributed by atoms with Crippen LogP contribution < -0.4 is 0 Å². The fourth-order valence-electron chi connectivity index (χ4n) is 1.98. The lowest BCUT2D eigenvalue weighted by Gasteiger charge is -2.26. The average molecular weight is 288 g/mol. The van der Waals surface area contributed by atoms with E-state index in [2.05, 4.69) is 0 Å². The van der Waals surface area contributed by atoms with Crippen LogP contribution in [0.2, 0.25) is 0 Å². The van der Waals surface area contributed by atoms with Gasteiger partial charge in [-0.05, 0) is 20.8 Å². The van der Waals surface area contributed by atoms with Crippen LogP contribution in [-0.4, -0.2) is 40.0 Å². The average Bonchev–Trinajstić information content (AvgIpc) is 2.29. The maximum Gasteiger partial charge on any atom is 0.342 e. The molecule has 7 heteroatoms. The van der Waals surface area contributed by atoms with E-state index in [0.717, 1.165) is 0 Å². The Morgan fingerprint density at radius 2 is 1.80 bits per heavy atom. The van der Waals surface area contributed by atoms with Crippen molar-refractivity contribution >= 4 is 17.9 Å². The van der Waals surface area contributed by atoms with Crippen LogP contribution in [0, 0.1) is 0 Å². The minimum atomic E-state index is -1.84. The molecule has 0 bridgehead atoms. The lowest BCUT2D eigenvalue weighted by atomic mass is 9.95. The smallest absolute Gasteiger partial charge is 0.342 e. The van der Waals surface area contributed by atoms with Crippen LogP contribution in [0.25, 0.3) is 0 Å². The molecule has 1 aliphatic heterocycles.